The van der Waals surface area contributed by atoms with Crippen LogP contribution in [0, 0.1) is 0 Å². The van der Waals surface area contributed by atoms with Crippen molar-refractivity contribution in [3.8, 4) is 0 Å². The summed E-state index contributed by atoms with van der Waals surface area (Å²) < 4.78 is 7.77. The molecule has 30 heavy (non-hydrogen) atoms. The Morgan fingerprint density at radius 1 is 1.27 bits per heavy atom. The third-order valence-corrected chi connectivity index (χ3v) is 5.79. The summed E-state index contributed by atoms with van der Waals surface area (Å²) in [5, 5.41) is 37.2. The third-order valence-electron chi connectivity index (χ3n) is 5.54. The van der Waals surface area contributed by atoms with Crippen LogP contribution < -0.4 is 0 Å². The molecule has 3 heterocycles. The van der Waals surface area contributed by atoms with Gasteiger partial charge in [-0.15, -0.1) is 0 Å². The lowest BCUT2D eigenvalue weighted by Gasteiger charge is -2.32. The number of ether oxygens (including phenoxy) is 1. The predicted molar refractivity (Wildman–Crippen MR) is 112 cm³/mol. The van der Waals surface area contributed by atoms with Crippen LogP contribution in [0.5, 0.6) is 0 Å². The minimum absolute atomic E-state index is 0.424. The molecule has 0 aliphatic carbocycles. The lowest BCUT2D eigenvalue weighted by Crippen LogP contribution is -2.45. The number of benzene rings is 1. The van der Waals surface area contributed by atoms with Crippen molar-refractivity contribution in [3.05, 3.63) is 58.4 Å². The van der Waals surface area contributed by atoms with E-state index in [1.807, 2.05) is 13.0 Å². The Hall–Kier alpha value is -2.23. The first-order valence-electron chi connectivity index (χ1n) is 9.77. The summed E-state index contributed by atoms with van der Waals surface area (Å²) in [6.07, 6.45) is -0.507. The maximum absolute atomic E-state index is 11.2. The van der Waals surface area contributed by atoms with Crippen molar-refractivity contribution in [2.24, 2.45) is 10.1 Å². The number of aromatic nitrogens is 1. The summed E-state index contributed by atoms with van der Waals surface area (Å²) in [6, 6.07) is 8.46. The lowest BCUT2D eigenvalue weighted by molar-refractivity contribution is -0.136. The number of fused-ring (bicyclic) bond motifs is 1. The number of rotatable bonds is 5. The van der Waals surface area contributed by atoms with Gasteiger partial charge in [-0.2, -0.15) is 0 Å². The first-order chi connectivity index (χ1) is 14.3. The van der Waals surface area contributed by atoms with Crippen molar-refractivity contribution in [1.29, 1.82) is 0 Å². The number of aliphatic imine (C=N–C) groups is 1. The molecule has 1 saturated heterocycles. The zero-order chi connectivity index (χ0) is 21.5. The van der Waals surface area contributed by atoms with Crippen LogP contribution in [-0.2, 0) is 21.6 Å². The van der Waals surface area contributed by atoms with Crippen LogP contribution in [0.1, 0.15) is 36.9 Å². The minimum atomic E-state index is -1.55. The number of hydrogen-bond donors (Lipinski definition) is 3. The maximum Gasteiger partial charge on any atom is 0.200 e. The number of nitrogens with zero attached hydrogens (tertiary/aromatic N) is 3. The highest BCUT2D eigenvalue weighted by Crippen LogP contribution is 2.40. The molecule has 0 radical (unpaired) electrons. The van der Waals surface area contributed by atoms with E-state index in [-0.39, 0.29) is 0 Å². The summed E-state index contributed by atoms with van der Waals surface area (Å²) >= 11 is 5.94. The van der Waals surface area contributed by atoms with Gasteiger partial charge in [0.1, 0.15) is 30.5 Å². The Morgan fingerprint density at radius 2 is 2.00 bits per heavy atom. The van der Waals surface area contributed by atoms with Crippen LogP contribution in [-0.4, -0.2) is 56.9 Å². The molecule has 1 fully saturated rings. The van der Waals surface area contributed by atoms with Gasteiger partial charge < -0.3 is 29.5 Å². The molecule has 2 aliphatic heterocycles. The van der Waals surface area contributed by atoms with Crippen LogP contribution in [0.15, 0.2) is 46.7 Å². The normalized spacial score (nSPS) is 29.1. The molecule has 0 amide bonds. The van der Waals surface area contributed by atoms with Crippen molar-refractivity contribution >= 4 is 23.7 Å². The third kappa shape index (κ3) is 3.55. The Labute approximate surface area is 179 Å². The molecule has 3 N–H and O–H groups in total. The van der Waals surface area contributed by atoms with Crippen molar-refractivity contribution in [1.82, 2.24) is 4.57 Å². The standard InChI is InChI=1S/C21H24ClN3O5/c1-3-29-24-19-14-9-11-25(15(14)8-10-23-19)20-17(27)16(26)18(30-20)21(2,28)12-4-6-13(22)7-5-12/h4-7,9-11,16-18,20,26-28H,3,8H2,1-2H3/b24-19-/t16-,17+,18?,20+,21+/m0/s1. The second-order valence-electron chi connectivity index (χ2n) is 7.51. The van der Waals surface area contributed by atoms with E-state index in [4.69, 9.17) is 21.2 Å². The topological polar surface area (TPSA) is 109 Å². The molecule has 0 bridgehead atoms. The number of aliphatic hydroxyl groups excluding tert-OH is 2. The van der Waals surface area contributed by atoms with E-state index in [2.05, 4.69) is 10.1 Å². The molecule has 0 saturated carbocycles. The molecular weight excluding hydrogens is 410 g/mol. The van der Waals surface area contributed by atoms with Gasteiger partial charge in [-0.1, -0.05) is 28.9 Å². The highest BCUT2D eigenvalue weighted by Gasteiger charge is 2.52. The maximum atomic E-state index is 11.2. The molecule has 2 aromatic rings. The summed E-state index contributed by atoms with van der Waals surface area (Å²) in [5.41, 5.74) is 0.572. The average molecular weight is 434 g/mol. The molecule has 5 atom stereocenters. The zero-order valence-electron chi connectivity index (χ0n) is 16.6. The van der Waals surface area contributed by atoms with Gasteiger partial charge in [-0.05, 0) is 37.6 Å². The van der Waals surface area contributed by atoms with E-state index in [0.717, 1.165) is 11.3 Å². The van der Waals surface area contributed by atoms with Gasteiger partial charge in [0.2, 0.25) is 0 Å². The van der Waals surface area contributed by atoms with Gasteiger partial charge in [-0.3, -0.25) is 0 Å². The molecule has 1 unspecified atom stereocenters. The Morgan fingerprint density at radius 3 is 2.70 bits per heavy atom. The lowest BCUT2D eigenvalue weighted by atomic mass is 9.87. The number of hydrogen-bond acceptors (Lipinski definition) is 6. The van der Waals surface area contributed by atoms with Crippen LogP contribution >= 0.6 is 11.6 Å². The second-order valence-corrected chi connectivity index (χ2v) is 7.95. The summed E-state index contributed by atoms with van der Waals surface area (Å²) in [6.45, 7) is 3.80. The number of aliphatic hydroxyl groups is 3. The molecule has 1 aromatic heterocycles. The number of halogens is 1. The summed E-state index contributed by atoms with van der Waals surface area (Å²) in [4.78, 5) is 9.39. The molecule has 1 aromatic carbocycles. The molecule has 8 nitrogen and oxygen atoms in total. The summed E-state index contributed by atoms with van der Waals surface area (Å²) in [7, 11) is 0. The summed E-state index contributed by atoms with van der Waals surface area (Å²) in [5.74, 6) is 0.439. The Kier molecular flexibility index (Phi) is 5.69. The SMILES string of the molecule is CCO/N=C1\N=CCc2c1ccn2[C@@H]1OC([C@](C)(O)c2ccc(Cl)cc2)[C@@H](O)[C@H]1O. The number of amidine groups is 1. The quantitative estimate of drug-likeness (QED) is 0.625. The van der Waals surface area contributed by atoms with E-state index in [1.54, 1.807) is 48.2 Å². The van der Waals surface area contributed by atoms with Crippen molar-refractivity contribution in [3.63, 3.8) is 0 Å². The minimum Gasteiger partial charge on any atom is -0.394 e. The van der Waals surface area contributed by atoms with Gasteiger partial charge in [0.05, 0.1) is 0 Å². The fraction of sp³-hybridized carbons (Fsp3) is 0.429. The van der Waals surface area contributed by atoms with Gasteiger partial charge >= 0.3 is 0 Å². The first-order valence-corrected chi connectivity index (χ1v) is 10.1. The monoisotopic (exact) mass is 433 g/mol. The smallest absolute Gasteiger partial charge is 0.200 e. The van der Waals surface area contributed by atoms with E-state index >= 15 is 0 Å². The van der Waals surface area contributed by atoms with Crippen LogP contribution in [0.4, 0.5) is 0 Å². The van der Waals surface area contributed by atoms with Gasteiger partial charge in [0, 0.05) is 35.1 Å². The predicted octanol–water partition coefficient (Wildman–Crippen LogP) is 1.99. The fourth-order valence-corrected chi connectivity index (χ4v) is 4.06. The molecule has 2 aliphatic rings. The number of oxime groups is 1. The Balaban J connectivity index is 1.63. The first kappa shape index (κ1) is 21.0. The molecular formula is C21H24ClN3O5. The highest BCUT2D eigenvalue weighted by molar-refractivity contribution is 6.30. The van der Waals surface area contributed by atoms with Crippen LogP contribution in [0.25, 0.3) is 0 Å². The second kappa shape index (κ2) is 8.13. The molecule has 160 valence electrons. The largest absolute Gasteiger partial charge is 0.394 e. The van der Waals surface area contributed by atoms with E-state index in [9.17, 15) is 15.3 Å². The molecule has 0 spiro atoms. The van der Waals surface area contributed by atoms with Gasteiger partial charge in [0.25, 0.3) is 0 Å². The van der Waals surface area contributed by atoms with Crippen molar-refractivity contribution < 1.29 is 24.9 Å². The highest BCUT2D eigenvalue weighted by atomic mass is 35.5. The molecule has 4 rings (SSSR count). The van der Waals surface area contributed by atoms with Gasteiger partial charge in [-0.25, -0.2) is 4.99 Å². The van der Waals surface area contributed by atoms with E-state index in [0.29, 0.717) is 29.4 Å². The Bertz CT molecular complexity index is 970. The van der Waals surface area contributed by atoms with Crippen LogP contribution in [0.3, 0.4) is 0 Å². The van der Waals surface area contributed by atoms with Gasteiger partial charge in [0.15, 0.2) is 12.1 Å². The van der Waals surface area contributed by atoms with E-state index < -0.39 is 30.1 Å². The average Bonchev–Trinajstić information content (AvgIpc) is 3.29. The molecule has 9 heteroatoms. The zero-order valence-corrected chi connectivity index (χ0v) is 17.4. The van der Waals surface area contributed by atoms with Crippen molar-refractivity contribution in [2.45, 2.75) is 50.4 Å². The van der Waals surface area contributed by atoms with Crippen LogP contribution in [0.2, 0.25) is 5.02 Å². The van der Waals surface area contributed by atoms with E-state index in [1.165, 1.54) is 0 Å². The fourth-order valence-electron chi connectivity index (χ4n) is 3.93. The van der Waals surface area contributed by atoms with Crippen molar-refractivity contribution in [2.75, 3.05) is 6.61 Å².